The molecule has 0 bridgehead atoms. The molecule has 1 aromatic rings. The van der Waals surface area contributed by atoms with Gasteiger partial charge < -0.3 is 15.9 Å². The fourth-order valence-electron chi connectivity index (χ4n) is 1.30. The van der Waals surface area contributed by atoms with Gasteiger partial charge in [-0.15, -0.1) is 0 Å². The molecule has 0 saturated carbocycles. The summed E-state index contributed by atoms with van der Waals surface area (Å²) in [7, 11) is 1.84. The zero-order valence-electron chi connectivity index (χ0n) is 9.54. The zero-order chi connectivity index (χ0) is 13.5. The van der Waals surface area contributed by atoms with Crippen LogP contribution in [-0.4, -0.2) is 29.2 Å². The molecule has 4 N–H and O–H groups in total. The van der Waals surface area contributed by atoms with E-state index in [1.165, 1.54) is 12.1 Å². The van der Waals surface area contributed by atoms with Crippen LogP contribution in [0, 0.1) is 0 Å². The number of para-hydroxylation sites is 1. The second-order valence-corrected chi connectivity index (χ2v) is 3.82. The molecule has 100 valence electrons. The summed E-state index contributed by atoms with van der Waals surface area (Å²) in [6.45, 7) is 0.421. The van der Waals surface area contributed by atoms with E-state index in [0.29, 0.717) is 5.00 Å². The molecule has 0 aliphatic carbocycles. The molecule has 0 radical (unpaired) electrons. The van der Waals surface area contributed by atoms with Gasteiger partial charge in [-0.3, -0.25) is 10.0 Å². The van der Waals surface area contributed by atoms with Crippen LogP contribution in [0.3, 0.4) is 0 Å². The Balaban J connectivity index is 2.84. The fourth-order valence-corrected chi connectivity index (χ4v) is 1.41. The number of carbonyl (C=O) groups is 1. The maximum absolute atomic E-state index is 13.9. The monoisotopic (exact) mass is 275 g/mol. The summed E-state index contributed by atoms with van der Waals surface area (Å²) in [5.74, 6) is -0.754. The summed E-state index contributed by atoms with van der Waals surface area (Å²) < 4.78 is 13.9. The summed E-state index contributed by atoms with van der Waals surface area (Å²) in [5, 5.41) is 11.3. The van der Waals surface area contributed by atoms with Gasteiger partial charge in [-0.05, 0) is 11.1 Å². The smallest absolute Gasteiger partial charge is 0.259 e. The summed E-state index contributed by atoms with van der Waals surface area (Å²) >= 11 is 0. The molecule has 1 rings (SSSR count). The molecule has 0 fully saturated rings. The van der Waals surface area contributed by atoms with Crippen molar-refractivity contribution in [3.63, 3.8) is 0 Å². The van der Waals surface area contributed by atoms with Crippen molar-refractivity contribution in [3.8, 4) is 5.75 Å². The SMILES string of the molecule is NCCNC(=O)C(F)c1ccccc1ON(O)P. The lowest BCUT2D eigenvalue weighted by molar-refractivity contribution is -0.193. The van der Waals surface area contributed by atoms with Crippen LogP contribution in [0.25, 0.3) is 0 Å². The van der Waals surface area contributed by atoms with Gasteiger partial charge in [0.05, 0.1) is 0 Å². The Bertz CT molecular complexity index is 406. The van der Waals surface area contributed by atoms with Gasteiger partial charge in [0.1, 0.15) is 0 Å². The van der Waals surface area contributed by atoms with E-state index in [1.807, 2.05) is 9.39 Å². The molecule has 0 heterocycles. The Morgan fingerprint density at radius 2 is 2.28 bits per heavy atom. The van der Waals surface area contributed by atoms with Gasteiger partial charge in [0, 0.05) is 28.0 Å². The largest absolute Gasteiger partial charge is 0.377 e. The molecule has 1 amide bonds. The van der Waals surface area contributed by atoms with Gasteiger partial charge in [0.25, 0.3) is 5.91 Å². The first kappa shape index (κ1) is 14.8. The highest BCUT2D eigenvalue weighted by Crippen LogP contribution is 2.28. The van der Waals surface area contributed by atoms with E-state index in [4.69, 9.17) is 15.8 Å². The summed E-state index contributed by atoms with van der Waals surface area (Å²) in [5.41, 5.74) is 5.23. The Labute approximate surface area is 106 Å². The Morgan fingerprint density at radius 3 is 2.89 bits per heavy atom. The lowest BCUT2D eigenvalue weighted by Crippen LogP contribution is -2.32. The molecule has 1 aromatic carbocycles. The van der Waals surface area contributed by atoms with Crippen molar-refractivity contribution < 1.29 is 19.2 Å². The Morgan fingerprint density at radius 1 is 1.61 bits per heavy atom. The van der Waals surface area contributed by atoms with Gasteiger partial charge in [-0.1, -0.05) is 18.2 Å². The van der Waals surface area contributed by atoms with E-state index < -0.39 is 12.1 Å². The first-order valence-electron chi connectivity index (χ1n) is 5.18. The van der Waals surface area contributed by atoms with Crippen molar-refractivity contribution in [2.75, 3.05) is 13.1 Å². The minimum atomic E-state index is -1.89. The van der Waals surface area contributed by atoms with Crippen molar-refractivity contribution in [2.45, 2.75) is 6.17 Å². The number of hydrogen-bond donors (Lipinski definition) is 3. The van der Waals surface area contributed by atoms with Gasteiger partial charge in [-0.25, -0.2) is 4.39 Å². The average Bonchev–Trinajstić information content (AvgIpc) is 2.35. The molecule has 2 atom stereocenters. The quantitative estimate of drug-likeness (QED) is 0.521. The first-order valence-corrected chi connectivity index (χ1v) is 5.70. The molecule has 0 aliphatic rings. The first-order chi connectivity index (χ1) is 8.56. The Kier molecular flexibility index (Phi) is 5.94. The third-order valence-electron chi connectivity index (χ3n) is 2.06. The number of nitrogens with two attached hydrogens (primary N) is 1. The van der Waals surface area contributed by atoms with Crippen LogP contribution in [0.4, 0.5) is 4.39 Å². The Hall–Kier alpha value is -1.27. The second-order valence-electron chi connectivity index (χ2n) is 3.37. The van der Waals surface area contributed by atoms with Crippen molar-refractivity contribution in [3.05, 3.63) is 29.8 Å². The van der Waals surface area contributed by atoms with E-state index >= 15 is 0 Å². The number of carbonyl (C=O) groups excluding carboxylic acids is 1. The molecule has 6 nitrogen and oxygen atoms in total. The number of hydrogen-bond acceptors (Lipinski definition) is 5. The highest BCUT2D eigenvalue weighted by atomic mass is 31.0. The topological polar surface area (TPSA) is 87.8 Å². The van der Waals surface area contributed by atoms with Crippen LogP contribution >= 0.6 is 9.39 Å². The lowest BCUT2D eigenvalue weighted by atomic mass is 10.1. The molecular weight excluding hydrogens is 260 g/mol. The summed E-state index contributed by atoms with van der Waals surface area (Å²) in [6, 6.07) is 5.99. The van der Waals surface area contributed by atoms with Crippen molar-refractivity contribution in [1.29, 1.82) is 0 Å². The lowest BCUT2D eigenvalue weighted by Gasteiger charge is -2.15. The van der Waals surface area contributed by atoms with Crippen molar-refractivity contribution in [1.82, 2.24) is 10.3 Å². The average molecular weight is 275 g/mol. The van der Waals surface area contributed by atoms with Gasteiger partial charge in [-0.2, -0.15) is 0 Å². The van der Waals surface area contributed by atoms with Crippen LogP contribution in [0.15, 0.2) is 24.3 Å². The number of nitrogens with one attached hydrogen (secondary N) is 1. The number of benzene rings is 1. The molecule has 0 aromatic heterocycles. The normalized spacial score (nSPS) is 12.3. The van der Waals surface area contributed by atoms with Gasteiger partial charge >= 0.3 is 0 Å². The molecule has 0 spiro atoms. The molecule has 0 saturated heterocycles. The number of nitrogens with zero attached hydrogens (tertiary/aromatic N) is 1. The van der Waals surface area contributed by atoms with Crippen LogP contribution in [-0.2, 0) is 4.79 Å². The highest BCUT2D eigenvalue weighted by molar-refractivity contribution is 7.12. The van der Waals surface area contributed by atoms with E-state index in [2.05, 4.69) is 5.32 Å². The van der Waals surface area contributed by atoms with E-state index in [9.17, 15) is 9.18 Å². The summed E-state index contributed by atoms with van der Waals surface area (Å²) in [4.78, 5) is 16.6. The van der Waals surface area contributed by atoms with Crippen LogP contribution < -0.4 is 15.9 Å². The number of rotatable bonds is 6. The number of halogens is 1. The van der Waals surface area contributed by atoms with Gasteiger partial charge in [0.2, 0.25) is 6.17 Å². The maximum atomic E-state index is 13.9. The molecular formula is C10H15FN3O3P. The van der Waals surface area contributed by atoms with E-state index in [-0.39, 0.29) is 24.4 Å². The molecule has 2 unspecified atom stereocenters. The van der Waals surface area contributed by atoms with Gasteiger partial charge in [0.15, 0.2) is 5.75 Å². The van der Waals surface area contributed by atoms with Crippen LogP contribution in [0.2, 0.25) is 0 Å². The number of alkyl halides is 1. The molecule has 8 heteroatoms. The van der Waals surface area contributed by atoms with Crippen molar-refractivity contribution in [2.24, 2.45) is 5.73 Å². The van der Waals surface area contributed by atoms with Crippen LogP contribution in [0.1, 0.15) is 11.7 Å². The minimum absolute atomic E-state index is 0.0218. The molecule has 0 aliphatic heterocycles. The predicted molar refractivity (Wildman–Crippen MR) is 66.3 cm³/mol. The van der Waals surface area contributed by atoms with E-state index in [0.717, 1.165) is 0 Å². The standard InChI is InChI=1S/C10H15FN3O3P/c11-9(10(15)13-6-5-12)7-3-1-2-4-8(7)17-14(16)18/h1-4,9,16H,5-6,12,18H2,(H,13,15). The summed E-state index contributed by atoms with van der Waals surface area (Å²) in [6.07, 6.45) is -1.89. The third-order valence-corrected chi connectivity index (χ3v) is 2.16. The third kappa shape index (κ3) is 4.19. The van der Waals surface area contributed by atoms with E-state index in [1.54, 1.807) is 12.1 Å². The maximum Gasteiger partial charge on any atom is 0.259 e. The highest BCUT2D eigenvalue weighted by Gasteiger charge is 2.23. The molecule has 18 heavy (non-hydrogen) atoms. The predicted octanol–water partition coefficient (Wildman–Crippen LogP) is 0.547. The second kappa shape index (κ2) is 7.23. The number of amides is 1. The van der Waals surface area contributed by atoms with Crippen molar-refractivity contribution >= 4 is 15.3 Å². The van der Waals surface area contributed by atoms with Crippen LogP contribution in [0.5, 0.6) is 5.75 Å². The zero-order valence-corrected chi connectivity index (χ0v) is 10.7. The fraction of sp³-hybridized carbons (Fsp3) is 0.300. The minimum Gasteiger partial charge on any atom is -0.377 e.